The maximum absolute atomic E-state index is 5.26. The third kappa shape index (κ3) is 7.89. The third-order valence-electron chi connectivity index (χ3n) is 6.99. The minimum Gasteiger partial charge on any atom is -0.258 e. The Morgan fingerprint density at radius 3 is 1.14 bits per heavy atom. The van der Waals surface area contributed by atoms with Crippen LogP contribution in [0.2, 0.25) is 0 Å². The molecule has 0 bridgehead atoms. The summed E-state index contributed by atoms with van der Waals surface area (Å²) in [5.41, 5.74) is 13.5. The Kier molecular flexibility index (Phi) is 12.4. The van der Waals surface area contributed by atoms with Crippen LogP contribution >= 0.6 is 0 Å². The van der Waals surface area contributed by atoms with Crippen molar-refractivity contribution in [2.24, 2.45) is 9.98 Å². The van der Waals surface area contributed by atoms with E-state index in [2.05, 4.69) is 79.7 Å². The summed E-state index contributed by atoms with van der Waals surface area (Å²) in [6.45, 7) is 17.9. The Labute approximate surface area is 216 Å². The third-order valence-corrected chi connectivity index (χ3v) is 6.99. The van der Waals surface area contributed by atoms with E-state index in [4.69, 9.17) is 9.98 Å². The summed E-state index contributed by atoms with van der Waals surface area (Å²) in [7, 11) is 0. The van der Waals surface area contributed by atoms with Crippen molar-refractivity contribution in [2.75, 3.05) is 0 Å². The molecule has 35 heavy (non-hydrogen) atoms. The lowest BCUT2D eigenvalue weighted by Crippen LogP contribution is -2.05. The van der Waals surface area contributed by atoms with Crippen LogP contribution in [0.3, 0.4) is 0 Å². The van der Waals surface area contributed by atoms with Gasteiger partial charge in [-0.15, -0.1) is 0 Å². The predicted octanol–water partition coefficient (Wildman–Crippen LogP) is 10.1. The molecule has 2 nitrogen and oxygen atoms in total. The minimum atomic E-state index is 0.922. The Morgan fingerprint density at radius 1 is 0.514 bits per heavy atom. The van der Waals surface area contributed by atoms with Gasteiger partial charge in [-0.3, -0.25) is 9.98 Å². The summed E-state index contributed by atoms with van der Waals surface area (Å²) in [5, 5.41) is 0. The van der Waals surface area contributed by atoms with Crippen molar-refractivity contribution in [1.29, 1.82) is 0 Å². The Hall–Kier alpha value is -2.22. The molecule has 0 fully saturated rings. The maximum atomic E-state index is 5.26. The molecule has 0 amide bonds. The molecule has 0 saturated heterocycles. The van der Waals surface area contributed by atoms with Gasteiger partial charge in [-0.1, -0.05) is 91.5 Å². The van der Waals surface area contributed by atoms with Crippen molar-refractivity contribution in [2.45, 2.75) is 126 Å². The van der Waals surface area contributed by atoms with Gasteiger partial charge < -0.3 is 0 Å². The molecule has 2 aromatic rings. The van der Waals surface area contributed by atoms with Crippen LogP contribution in [-0.2, 0) is 32.1 Å². The minimum absolute atomic E-state index is 0.922. The van der Waals surface area contributed by atoms with Crippen molar-refractivity contribution < 1.29 is 0 Å². The maximum Gasteiger partial charge on any atom is 0.0698 e. The molecule has 2 rings (SSSR count). The Balaban J connectivity index is 2.89. The zero-order valence-corrected chi connectivity index (χ0v) is 24.0. The van der Waals surface area contributed by atoms with Crippen molar-refractivity contribution in [1.82, 2.24) is 0 Å². The lowest BCUT2D eigenvalue weighted by Gasteiger charge is -2.21. The molecule has 2 aromatic carbocycles. The number of benzene rings is 2. The molecule has 0 aliphatic rings. The normalized spacial score (nSPS) is 12.5. The predicted molar refractivity (Wildman–Crippen MR) is 158 cm³/mol. The number of aliphatic imine (C=N–C) groups is 2. The van der Waals surface area contributed by atoms with E-state index in [1.165, 1.54) is 56.2 Å². The molecule has 0 radical (unpaired) electrons. The first-order valence-electron chi connectivity index (χ1n) is 14.3. The average molecular weight is 475 g/mol. The van der Waals surface area contributed by atoms with Crippen LogP contribution < -0.4 is 0 Å². The molecular formula is C33H50N2. The molecule has 0 atom stereocenters. The highest BCUT2D eigenvalue weighted by molar-refractivity contribution is 5.86. The fourth-order valence-corrected chi connectivity index (χ4v) is 4.79. The van der Waals surface area contributed by atoms with Gasteiger partial charge in [-0.05, 0) is 85.8 Å². The monoisotopic (exact) mass is 474 g/mol. The Bertz CT molecular complexity index is 929. The number of nitrogens with zero attached hydrogens (tertiary/aromatic N) is 2. The lowest BCUT2D eigenvalue weighted by atomic mass is 9.87. The number of hydrogen-bond donors (Lipinski definition) is 0. The molecule has 0 N–H and O–H groups in total. The quantitative estimate of drug-likeness (QED) is 0.243. The second kappa shape index (κ2) is 15.0. The van der Waals surface area contributed by atoms with Crippen LogP contribution in [0.25, 0.3) is 0 Å². The first-order chi connectivity index (χ1) is 16.9. The Morgan fingerprint density at radius 2 is 0.829 bits per heavy atom. The van der Waals surface area contributed by atoms with Gasteiger partial charge in [0.1, 0.15) is 0 Å². The van der Waals surface area contributed by atoms with E-state index in [0.717, 1.165) is 70.6 Å². The van der Waals surface area contributed by atoms with Crippen LogP contribution in [0.15, 0.2) is 34.3 Å². The highest BCUT2D eigenvalue weighted by atomic mass is 14.8. The van der Waals surface area contributed by atoms with E-state index in [1.807, 2.05) is 0 Å². The summed E-state index contributed by atoms with van der Waals surface area (Å²) in [6, 6.07) is 9.47. The smallest absolute Gasteiger partial charge is 0.0698 e. The zero-order chi connectivity index (χ0) is 25.8. The molecule has 0 heterocycles. The fraction of sp³-hybridized carbons (Fsp3) is 0.576. The summed E-state index contributed by atoms with van der Waals surface area (Å²) in [5.74, 6) is 0. The summed E-state index contributed by atoms with van der Waals surface area (Å²) < 4.78 is 0. The molecule has 0 saturated carbocycles. The van der Waals surface area contributed by atoms with Gasteiger partial charge >= 0.3 is 0 Å². The van der Waals surface area contributed by atoms with E-state index in [-0.39, 0.29) is 0 Å². The molecule has 2 heteroatoms. The van der Waals surface area contributed by atoms with Crippen molar-refractivity contribution in [3.8, 4) is 0 Å². The van der Waals surface area contributed by atoms with Crippen LogP contribution in [-0.4, -0.2) is 11.4 Å². The molecule has 0 aliphatic carbocycles. The molecule has 192 valence electrons. The molecule has 0 spiro atoms. The molecular weight excluding hydrogens is 424 g/mol. The van der Waals surface area contributed by atoms with E-state index in [0.29, 0.717) is 0 Å². The summed E-state index contributed by atoms with van der Waals surface area (Å²) in [4.78, 5) is 10.5. The highest BCUT2D eigenvalue weighted by Crippen LogP contribution is 2.38. The SMILES string of the molecule is CCCc1ccc(CCC)c(N=C(C)CC)c1Cc1c(CCC)ccc(CCC)c1N=C(C)CC. The van der Waals surface area contributed by atoms with Gasteiger partial charge in [0.05, 0.1) is 11.4 Å². The van der Waals surface area contributed by atoms with Gasteiger partial charge in [-0.25, -0.2) is 0 Å². The van der Waals surface area contributed by atoms with E-state index in [9.17, 15) is 0 Å². The second-order valence-corrected chi connectivity index (χ2v) is 10.00. The van der Waals surface area contributed by atoms with Crippen molar-refractivity contribution in [3.05, 3.63) is 57.6 Å². The largest absolute Gasteiger partial charge is 0.258 e. The first kappa shape index (κ1) is 29.0. The van der Waals surface area contributed by atoms with Gasteiger partial charge in [0.2, 0.25) is 0 Å². The van der Waals surface area contributed by atoms with Gasteiger partial charge in [0, 0.05) is 17.8 Å². The number of rotatable bonds is 14. The second-order valence-electron chi connectivity index (χ2n) is 10.00. The first-order valence-corrected chi connectivity index (χ1v) is 14.3. The highest BCUT2D eigenvalue weighted by Gasteiger charge is 2.19. The molecule has 0 aromatic heterocycles. The summed E-state index contributed by atoms with van der Waals surface area (Å²) >= 11 is 0. The van der Waals surface area contributed by atoms with Crippen LogP contribution in [0, 0.1) is 0 Å². The fourth-order valence-electron chi connectivity index (χ4n) is 4.79. The summed E-state index contributed by atoms with van der Waals surface area (Å²) in [6.07, 6.45) is 11.8. The van der Waals surface area contributed by atoms with Crippen LogP contribution in [0.5, 0.6) is 0 Å². The van der Waals surface area contributed by atoms with Crippen LogP contribution in [0.4, 0.5) is 11.4 Å². The molecule has 0 unspecified atom stereocenters. The standard InChI is InChI=1S/C33H50N2/c1-9-15-26-19-21-28(17-11-3)32(34-24(7)13-5)30(26)23-31-27(16-10-2)20-22-29(18-12-4)33(31)35-25(8)14-6/h19-22H,9-18,23H2,1-8H3. The van der Waals surface area contributed by atoms with Gasteiger partial charge in [0.25, 0.3) is 0 Å². The van der Waals surface area contributed by atoms with Gasteiger partial charge in [-0.2, -0.15) is 0 Å². The topological polar surface area (TPSA) is 24.7 Å². The van der Waals surface area contributed by atoms with Crippen LogP contribution in [0.1, 0.15) is 127 Å². The van der Waals surface area contributed by atoms with E-state index >= 15 is 0 Å². The lowest BCUT2D eigenvalue weighted by molar-refractivity contribution is 0.869. The average Bonchev–Trinajstić information content (AvgIpc) is 2.85. The van der Waals surface area contributed by atoms with E-state index in [1.54, 1.807) is 0 Å². The number of aryl methyl sites for hydroxylation is 4. The van der Waals surface area contributed by atoms with Crippen molar-refractivity contribution in [3.63, 3.8) is 0 Å². The van der Waals surface area contributed by atoms with E-state index < -0.39 is 0 Å². The number of hydrogen-bond acceptors (Lipinski definition) is 2. The zero-order valence-electron chi connectivity index (χ0n) is 24.0. The molecule has 0 aliphatic heterocycles. The van der Waals surface area contributed by atoms with Gasteiger partial charge in [0.15, 0.2) is 0 Å². The van der Waals surface area contributed by atoms with Crippen molar-refractivity contribution >= 4 is 22.8 Å².